The van der Waals surface area contributed by atoms with Gasteiger partial charge in [0.05, 0.1) is 0 Å². The van der Waals surface area contributed by atoms with E-state index in [2.05, 4.69) is 40.7 Å². The van der Waals surface area contributed by atoms with Crippen LogP contribution in [0, 0.1) is 5.92 Å². The largest absolute Gasteiger partial charge is 0.381 e. The SMILES string of the molecule is Cn1nccc1Cc1ccc(Sc2cccc(NC(=O)C3CCOCC3)c2)cc1. The molecule has 6 heteroatoms. The van der Waals surface area contributed by atoms with Crippen molar-refractivity contribution in [2.24, 2.45) is 13.0 Å². The summed E-state index contributed by atoms with van der Waals surface area (Å²) < 4.78 is 7.25. The third-order valence-corrected chi connectivity index (χ3v) is 6.16. The molecule has 2 aromatic carbocycles. The summed E-state index contributed by atoms with van der Waals surface area (Å²) in [6.45, 7) is 1.34. The van der Waals surface area contributed by atoms with Gasteiger partial charge in [-0.25, -0.2) is 0 Å². The third-order valence-electron chi connectivity index (χ3n) is 5.16. The maximum atomic E-state index is 12.4. The van der Waals surface area contributed by atoms with Crippen LogP contribution in [0.25, 0.3) is 0 Å². The molecule has 0 atom stereocenters. The molecule has 1 N–H and O–H groups in total. The summed E-state index contributed by atoms with van der Waals surface area (Å²) in [6.07, 6.45) is 4.29. The molecule has 0 spiro atoms. The Labute approximate surface area is 175 Å². The molecule has 5 nitrogen and oxygen atoms in total. The quantitative estimate of drug-likeness (QED) is 0.652. The number of aromatic nitrogens is 2. The van der Waals surface area contributed by atoms with Crippen LogP contribution >= 0.6 is 11.8 Å². The molecule has 29 heavy (non-hydrogen) atoms. The lowest BCUT2D eigenvalue weighted by Crippen LogP contribution is -2.28. The second-order valence-corrected chi connectivity index (χ2v) is 8.42. The first kappa shape index (κ1) is 19.7. The van der Waals surface area contributed by atoms with E-state index >= 15 is 0 Å². The molecule has 1 aromatic heterocycles. The fraction of sp³-hybridized carbons (Fsp3) is 0.304. The molecule has 1 aliphatic rings. The van der Waals surface area contributed by atoms with Crippen molar-refractivity contribution in [3.63, 3.8) is 0 Å². The number of carbonyl (C=O) groups excluding carboxylic acids is 1. The minimum Gasteiger partial charge on any atom is -0.381 e. The Morgan fingerprint density at radius 3 is 2.66 bits per heavy atom. The van der Waals surface area contributed by atoms with Crippen LogP contribution in [0.15, 0.2) is 70.6 Å². The Hall–Kier alpha value is -2.57. The number of ether oxygens (including phenoxy) is 1. The molecule has 0 saturated carbocycles. The molecule has 1 amide bonds. The van der Waals surface area contributed by atoms with Gasteiger partial charge in [-0.3, -0.25) is 9.48 Å². The summed E-state index contributed by atoms with van der Waals surface area (Å²) in [5.41, 5.74) is 3.30. The van der Waals surface area contributed by atoms with Crippen LogP contribution in [0.4, 0.5) is 5.69 Å². The van der Waals surface area contributed by atoms with Gasteiger partial charge in [-0.2, -0.15) is 5.10 Å². The van der Waals surface area contributed by atoms with Gasteiger partial charge in [0.1, 0.15) is 0 Å². The molecule has 150 valence electrons. The minimum atomic E-state index is 0.0482. The summed E-state index contributed by atoms with van der Waals surface area (Å²) >= 11 is 1.70. The van der Waals surface area contributed by atoms with Crippen LogP contribution in [0.1, 0.15) is 24.1 Å². The Kier molecular flexibility index (Phi) is 6.32. The molecule has 1 aliphatic heterocycles. The predicted molar refractivity (Wildman–Crippen MR) is 115 cm³/mol. The predicted octanol–water partition coefficient (Wildman–Crippen LogP) is 4.53. The van der Waals surface area contributed by atoms with Crippen LogP contribution < -0.4 is 5.32 Å². The maximum absolute atomic E-state index is 12.4. The molecule has 1 saturated heterocycles. The molecule has 0 bridgehead atoms. The van der Waals surface area contributed by atoms with Gasteiger partial charge in [0.15, 0.2) is 0 Å². The molecule has 0 aliphatic carbocycles. The molecule has 1 fully saturated rings. The van der Waals surface area contributed by atoms with E-state index in [0.29, 0.717) is 13.2 Å². The number of anilines is 1. The Bertz CT molecular complexity index is 962. The first-order chi connectivity index (χ1) is 14.2. The molecule has 3 aromatic rings. The van der Waals surface area contributed by atoms with Crippen LogP contribution in [0.3, 0.4) is 0 Å². The second-order valence-electron chi connectivity index (χ2n) is 7.27. The van der Waals surface area contributed by atoms with Crippen molar-refractivity contribution in [2.45, 2.75) is 29.1 Å². The average molecular weight is 408 g/mol. The Balaban J connectivity index is 1.37. The summed E-state index contributed by atoms with van der Waals surface area (Å²) in [4.78, 5) is 14.7. The number of benzene rings is 2. The summed E-state index contributed by atoms with van der Waals surface area (Å²) in [6, 6.07) is 18.7. The van der Waals surface area contributed by atoms with E-state index in [-0.39, 0.29) is 11.8 Å². The Morgan fingerprint density at radius 2 is 1.93 bits per heavy atom. The lowest BCUT2D eigenvalue weighted by Gasteiger charge is -2.21. The van der Waals surface area contributed by atoms with Crippen LogP contribution in [-0.4, -0.2) is 28.9 Å². The van der Waals surface area contributed by atoms with Crippen molar-refractivity contribution >= 4 is 23.4 Å². The van der Waals surface area contributed by atoms with Gasteiger partial charge in [0.2, 0.25) is 5.91 Å². The van der Waals surface area contributed by atoms with E-state index in [0.717, 1.165) is 29.8 Å². The molecule has 0 radical (unpaired) electrons. The van der Waals surface area contributed by atoms with Crippen molar-refractivity contribution < 1.29 is 9.53 Å². The van der Waals surface area contributed by atoms with E-state index in [1.807, 2.05) is 42.2 Å². The van der Waals surface area contributed by atoms with Gasteiger partial charge >= 0.3 is 0 Å². The number of aryl methyl sites for hydroxylation is 1. The Morgan fingerprint density at radius 1 is 1.14 bits per heavy atom. The van der Waals surface area contributed by atoms with E-state index in [1.165, 1.54) is 16.2 Å². The number of rotatable bonds is 6. The zero-order valence-electron chi connectivity index (χ0n) is 16.5. The first-order valence-electron chi connectivity index (χ1n) is 9.90. The summed E-state index contributed by atoms with van der Waals surface area (Å²) in [5.74, 6) is 0.141. The number of nitrogens with one attached hydrogen (secondary N) is 1. The first-order valence-corrected chi connectivity index (χ1v) is 10.7. The number of hydrogen-bond acceptors (Lipinski definition) is 4. The number of carbonyl (C=O) groups is 1. The van der Waals surface area contributed by atoms with Crippen LogP contribution in [0.5, 0.6) is 0 Å². The van der Waals surface area contributed by atoms with Crippen molar-refractivity contribution in [2.75, 3.05) is 18.5 Å². The van der Waals surface area contributed by atoms with Crippen molar-refractivity contribution in [3.05, 3.63) is 72.1 Å². The zero-order valence-corrected chi connectivity index (χ0v) is 17.3. The fourth-order valence-electron chi connectivity index (χ4n) is 3.44. The summed E-state index contributed by atoms with van der Waals surface area (Å²) in [5, 5.41) is 7.28. The molecule has 4 rings (SSSR count). The zero-order chi connectivity index (χ0) is 20.1. The fourth-order valence-corrected chi connectivity index (χ4v) is 4.31. The highest BCUT2D eigenvalue weighted by Gasteiger charge is 2.21. The van der Waals surface area contributed by atoms with Crippen molar-refractivity contribution in [1.29, 1.82) is 0 Å². The molecule has 2 heterocycles. The van der Waals surface area contributed by atoms with Gasteiger partial charge in [0, 0.05) is 60.0 Å². The summed E-state index contributed by atoms with van der Waals surface area (Å²) in [7, 11) is 1.97. The van der Waals surface area contributed by atoms with Crippen molar-refractivity contribution in [3.8, 4) is 0 Å². The minimum absolute atomic E-state index is 0.0482. The maximum Gasteiger partial charge on any atom is 0.227 e. The highest BCUT2D eigenvalue weighted by Crippen LogP contribution is 2.30. The third kappa shape index (κ3) is 5.28. The second kappa shape index (κ2) is 9.29. The van der Waals surface area contributed by atoms with Gasteiger partial charge in [-0.15, -0.1) is 0 Å². The van der Waals surface area contributed by atoms with Gasteiger partial charge in [0.25, 0.3) is 0 Å². The highest BCUT2D eigenvalue weighted by atomic mass is 32.2. The molecule has 0 unspecified atom stereocenters. The standard InChI is InChI=1S/C23H25N3O2S/c1-26-20(9-12-24-26)15-17-5-7-21(8-6-17)29-22-4-2-3-19(16-22)25-23(27)18-10-13-28-14-11-18/h2-9,12,16,18H,10-11,13-15H2,1H3,(H,25,27). The lowest BCUT2D eigenvalue weighted by atomic mass is 9.99. The van der Waals surface area contributed by atoms with Crippen molar-refractivity contribution in [1.82, 2.24) is 9.78 Å². The van der Waals surface area contributed by atoms with E-state index in [9.17, 15) is 4.79 Å². The highest BCUT2D eigenvalue weighted by molar-refractivity contribution is 7.99. The van der Waals surface area contributed by atoms with E-state index < -0.39 is 0 Å². The topological polar surface area (TPSA) is 56.2 Å². The monoisotopic (exact) mass is 407 g/mol. The van der Waals surface area contributed by atoms with Gasteiger partial charge in [-0.05, 0) is 54.8 Å². The lowest BCUT2D eigenvalue weighted by molar-refractivity contribution is -0.122. The smallest absolute Gasteiger partial charge is 0.227 e. The van der Waals surface area contributed by atoms with Gasteiger partial charge < -0.3 is 10.1 Å². The normalized spacial score (nSPS) is 14.7. The number of amides is 1. The molecular formula is C23H25N3O2S. The van der Waals surface area contributed by atoms with Gasteiger partial charge in [-0.1, -0.05) is 30.0 Å². The van der Waals surface area contributed by atoms with E-state index in [1.54, 1.807) is 11.8 Å². The average Bonchev–Trinajstić information content (AvgIpc) is 3.15. The molecular weight excluding hydrogens is 382 g/mol. The van der Waals surface area contributed by atoms with Crippen LogP contribution in [-0.2, 0) is 23.0 Å². The van der Waals surface area contributed by atoms with E-state index in [4.69, 9.17) is 4.74 Å². The van der Waals surface area contributed by atoms with Crippen LogP contribution in [0.2, 0.25) is 0 Å². The number of nitrogens with zero attached hydrogens (tertiary/aromatic N) is 2. The number of hydrogen-bond donors (Lipinski definition) is 1.